The van der Waals surface area contributed by atoms with E-state index in [1.165, 1.54) is 13.5 Å². The number of amides is 1. The molecule has 0 saturated carbocycles. The van der Waals surface area contributed by atoms with Gasteiger partial charge in [0.1, 0.15) is 0 Å². The molecule has 1 aromatic rings. The molecule has 1 amide bonds. The summed E-state index contributed by atoms with van der Waals surface area (Å²) in [6, 6.07) is 7.01. The lowest BCUT2D eigenvalue weighted by Gasteiger charge is -2.15. The van der Waals surface area contributed by atoms with Gasteiger partial charge < -0.3 is 14.8 Å². The lowest BCUT2D eigenvalue weighted by atomic mass is 10.0. The number of hydrogen-bond donors (Lipinski definition) is 1. The van der Waals surface area contributed by atoms with Gasteiger partial charge in [-0.05, 0) is 31.4 Å². The number of ether oxygens (including phenoxy) is 2. The molecular formula is C18H26N2O3. The molecule has 0 saturated heterocycles. The third-order valence-electron chi connectivity index (χ3n) is 3.48. The lowest BCUT2D eigenvalue weighted by Crippen LogP contribution is -2.36. The maximum atomic E-state index is 11.9. The number of methoxy groups -OCH3 is 1. The van der Waals surface area contributed by atoms with Crippen molar-refractivity contribution in [3.8, 4) is 17.6 Å². The molecule has 0 heterocycles. The highest BCUT2D eigenvalue weighted by atomic mass is 16.5. The lowest BCUT2D eigenvalue weighted by molar-refractivity contribution is -0.123. The zero-order chi connectivity index (χ0) is 17.2. The number of hydrogen-bond acceptors (Lipinski definition) is 4. The number of carbonyl (C=O) groups excluding carboxylic acids is 1. The fourth-order valence-corrected chi connectivity index (χ4v) is 2.22. The largest absolute Gasteiger partial charge is 0.493 e. The summed E-state index contributed by atoms with van der Waals surface area (Å²) in [6.45, 7) is 6.32. The van der Waals surface area contributed by atoms with Gasteiger partial charge in [-0.2, -0.15) is 5.26 Å². The van der Waals surface area contributed by atoms with Crippen LogP contribution in [-0.4, -0.2) is 25.7 Å². The standard InChI is InChI=1S/C18H26N2O3/c1-13(2)6-5-7-14(3)20-18(21)12-23-16-9-8-15(11-19)10-17(16)22-4/h8-10,13-14H,5-7,12H2,1-4H3,(H,20,21)/t14-/m0/s1. The summed E-state index contributed by atoms with van der Waals surface area (Å²) in [5, 5.41) is 11.8. The molecule has 0 radical (unpaired) electrons. The van der Waals surface area contributed by atoms with Gasteiger partial charge in [-0.3, -0.25) is 4.79 Å². The average Bonchev–Trinajstić information content (AvgIpc) is 2.52. The quantitative estimate of drug-likeness (QED) is 0.758. The minimum Gasteiger partial charge on any atom is -0.493 e. The van der Waals surface area contributed by atoms with Gasteiger partial charge in [-0.25, -0.2) is 0 Å². The normalized spacial score (nSPS) is 11.7. The first-order chi connectivity index (χ1) is 11.0. The van der Waals surface area contributed by atoms with Crippen molar-refractivity contribution in [2.24, 2.45) is 5.92 Å². The average molecular weight is 318 g/mol. The number of nitrogens with one attached hydrogen (secondary N) is 1. The van der Waals surface area contributed by atoms with Crippen molar-refractivity contribution in [3.63, 3.8) is 0 Å². The molecule has 0 bridgehead atoms. The van der Waals surface area contributed by atoms with Crippen LogP contribution >= 0.6 is 0 Å². The molecule has 0 aliphatic carbocycles. The van der Waals surface area contributed by atoms with Crippen LogP contribution in [-0.2, 0) is 4.79 Å². The van der Waals surface area contributed by atoms with Crippen LogP contribution in [0.3, 0.4) is 0 Å². The fraction of sp³-hybridized carbons (Fsp3) is 0.556. The molecule has 1 atom stereocenters. The second-order valence-electron chi connectivity index (χ2n) is 6.06. The van der Waals surface area contributed by atoms with E-state index >= 15 is 0 Å². The van der Waals surface area contributed by atoms with Crippen molar-refractivity contribution in [2.75, 3.05) is 13.7 Å². The van der Waals surface area contributed by atoms with E-state index in [-0.39, 0.29) is 18.6 Å². The highest BCUT2D eigenvalue weighted by Gasteiger charge is 2.11. The van der Waals surface area contributed by atoms with Crippen LogP contribution in [0.5, 0.6) is 11.5 Å². The van der Waals surface area contributed by atoms with Crippen molar-refractivity contribution >= 4 is 5.91 Å². The molecule has 5 heteroatoms. The first kappa shape index (κ1) is 18.8. The predicted octanol–water partition coefficient (Wildman–Crippen LogP) is 3.28. The zero-order valence-electron chi connectivity index (χ0n) is 14.4. The van der Waals surface area contributed by atoms with Gasteiger partial charge in [0.15, 0.2) is 18.1 Å². The summed E-state index contributed by atoms with van der Waals surface area (Å²) in [5.41, 5.74) is 0.484. The van der Waals surface area contributed by atoms with Crippen LogP contribution in [0.1, 0.15) is 45.6 Å². The van der Waals surface area contributed by atoms with Gasteiger partial charge in [-0.15, -0.1) is 0 Å². The summed E-state index contributed by atoms with van der Waals surface area (Å²) in [6.07, 6.45) is 3.23. The first-order valence-corrected chi connectivity index (χ1v) is 7.96. The first-order valence-electron chi connectivity index (χ1n) is 7.96. The Labute approximate surface area is 138 Å². The number of benzene rings is 1. The van der Waals surface area contributed by atoms with Crippen molar-refractivity contribution in [1.82, 2.24) is 5.32 Å². The van der Waals surface area contributed by atoms with E-state index in [1.807, 2.05) is 13.0 Å². The van der Waals surface area contributed by atoms with Crippen molar-refractivity contribution in [2.45, 2.75) is 46.1 Å². The minimum atomic E-state index is -0.159. The zero-order valence-corrected chi connectivity index (χ0v) is 14.4. The molecule has 0 aliphatic heterocycles. The van der Waals surface area contributed by atoms with Gasteiger partial charge >= 0.3 is 0 Å². The summed E-state index contributed by atoms with van der Waals surface area (Å²) in [5.74, 6) is 1.43. The third kappa shape index (κ3) is 7.05. The van der Waals surface area contributed by atoms with Crippen LogP contribution in [0.25, 0.3) is 0 Å². The highest BCUT2D eigenvalue weighted by molar-refractivity contribution is 5.77. The Balaban J connectivity index is 2.43. The third-order valence-corrected chi connectivity index (χ3v) is 3.48. The smallest absolute Gasteiger partial charge is 0.258 e. The van der Waals surface area contributed by atoms with Gasteiger partial charge in [0.05, 0.1) is 18.7 Å². The van der Waals surface area contributed by atoms with Crippen LogP contribution in [0, 0.1) is 17.2 Å². The fourth-order valence-electron chi connectivity index (χ4n) is 2.22. The van der Waals surface area contributed by atoms with Crippen LogP contribution in [0.4, 0.5) is 0 Å². The molecule has 0 aliphatic rings. The minimum absolute atomic E-state index is 0.0726. The molecule has 5 nitrogen and oxygen atoms in total. The van der Waals surface area contributed by atoms with Crippen LogP contribution in [0.2, 0.25) is 0 Å². The summed E-state index contributed by atoms with van der Waals surface area (Å²) in [7, 11) is 1.50. The van der Waals surface area contributed by atoms with E-state index in [4.69, 9.17) is 14.7 Å². The second kappa shape index (κ2) is 9.73. The summed E-state index contributed by atoms with van der Waals surface area (Å²) < 4.78 is 10.7. The van der Waals surface area contributed by atoms with Crippen molar-refractivity contribution < 1.29 is 14.3 Å². The topological polar surface area (TPSA) is 71.3 Å². The van der Waals surface area contributed by atoms with Crippen molar-refractivity contribution in [3.05, 3.63) is 23.8 Å². The van der Waals surface area contributed by atoms with E-state index < -0.39 is 0 Å². The highest BCUT2D eigenvalue weighted by Crippen LogP contribution is 2.27. The Morgan fingerprint density at radius 2 is 2.00 bits per heavy atom. The van der Waals surface area contributed by atoms with Gasteiger partial charge in [0, 0.05) is 12.1 Å². The maximum Gasteiger partial charge on any atom is 0.258 e. The van der Waals surface area contributed by atoms with Gasteiger partial charge in [0.25, 0.3) is 5.91 Å². The maximum absolute atomic E-state index is 11.9. The summed E-state index contributed by atoms with van der Waals surface area (Å²) in [4.78, 5) is 11.9. The Morgan fingerprint density at radius 3 is 2.61 bits per heavy atom. The number of rotatable bonds is 9. The van der Waals surface area contributed by atoms with E-state index in [1.54, 1.807) is 18.2 Å². The molecular weight excluding hydrogens is 292 g/mol. The predicted molar refractivity (Wildman–Crippen MR) is 89.5 cm³/mol. The Kier molecular flexibility index (Phi) is 7.96. The number of carbonyl (C=O) groups is 1. The Morgan fingerprint density at radius 1 is 1.26 bits per heavy atom. The second-order valence-corrected chi connectivity index (χ2v) is 6.06. The molecule has 1 aromatic carbocycles. The Hall–Kier alpha value is -2.22. The Bertz CT molecular complexity index is 550. The number of nitrogens with zero attached hydrogens (tertiary/aromatic N) is 1. The molecule has 23 heavy (non-hydrogen) atoms. The molecule has 0 fully saturated rings. The van der Waals surface area contributed by atoms with Gasteiger partial charge in [-0.1, -0.05) is 26.7 Å². The van der Waals surface area contributed by atoms with E-state index in [0.717, 1.165) is 12.8 Å². The number of nitriles is 1. The molecule has 0 spiro atoms. The van der Waals surface area contributed by atoms with E-state index in [2.05, 4.69) is 19.2 Å². The molecule has 126 valence electrons. The van der Waals surface area contributed by atoms with Crippen molar-refractivity contribution in [1.29, 1.82) is 5.26 Å². The molecule has 0 aromatic heterocycles. The van der Waals surface area contributed by atoms with E-state index in [0.29, 0.717) is 23.0 Å². The van der Waals surface area contributed by atoms with Gasteiger partial charge in [0.2, 0.25) is 0 Å². The van der Waals surface area contributed by atoms with Crippen LogP contribution < -0.4 is 14.8 Å². The monoisotopic (exact) mass is 318 g/mol. The molecule has 1 N–H and O–H groups in total. The molecule has 1 rings (SSSR count). The summed E-state index contributed by atoms with van der Waals surface area (Å²) >= 11 is 0. The SMILES string of the molecule is COc1cc(C#N)ccc1OCC(=O)N[C@@H](C)CCCC(C)C. The van der Waals surface area contributed by atoms with E-state index in [9.17, 15) is 4.79 Å². The van der Waals surface area contributed by atoms with Crippen LogP contribution in [0.15, 0.2) is 18.2 Å². The molecule has 0 unspecified atom stereocenters.